The lowest BCUT2D eigenvalue weighted by atomic mass is 9.96. The molecule has 0 bridgehead atoms. The Kier molecular flexibility index (Phi) is 6.77. The molecule has 1 aliphatic carbocycles. The summed E-state index contributed by atoms with van der Waals surface area (Å²) in [5.74, 6) is 0. The fraction of sp³-hybridized carbons (Fsp3) is 0.591. The van der Waals surface area contributed by atoms with Crippen molar-refractivity contribution in [1.82, 2.24) is 15.0 Å². The van der Waals surface area contributed by atoms with Gasteiger partial charge in [-0.05, 0) is 69.8 Å². The third-order valence-corrected chi connectivity index (χ3v) is 8.93. The van der Waals surface area contributed by atoms with Gasteiger partial charge in [-0.2, -0.15) is 0 Å². The van der Waals surface area contributed by atoms with Crippen molar-refractivity contribution in [2.24, 2.45) is 0 Å². The Morgan fingerprint density at radius 2 is 1.77 bits per heavy atom. The van der Waals surface area contributed by atoms with Gasteiger partial charge in [0.2, 0.25) is 10.0 Å². The molecule has 1 saturated heterocycles. The van der Waals surface area contributed by atoms with Gasteiger partial charge in [0.05, 0.1) is 15.5 Å². The molecule has 2 aromatic rings. The van der Waals surface area contributed by atoms with Crippen LogP contribution >= 0.6 is 11.3 Å². The molecule has 3 N–H and O–H groups in total. The summed E-state index contributed by atoms with van der Waals surface area (Å²) in [6.45, 7) is 5.56. The predicted molar refractivity (Wildman–Crippen MR) is 124 cm³/mol. The molecule has 0 unspecified atom stereocenters. The summed E-state index contributed by atoms with van der Waals surface area (Å²) in [5, 5.41) is 7.80. The van der Waals surface area contributed by atoms with Crippen molar-refractivity contribution in [1.29, 1.82) is 0 Å². The number of piperidine rings is 1. The third kappa shape index (κ3) is 5.04. The largest absolute Gasteiger partial charge is 0.359 e. The molecule has 0 radical (unpaired) electrons. The summed E-state index contributed by atoms with van der Waals surface area (Å²) in [6.07, 6.45) is 7.92. The van der Waals surface area contributed by atoms with Crippen LogP contribution in [0, 0.1) is 13.8 Å². The Morgan fingerprint density at radius 3 is 2.50 bits per heavy atom. The number of thiazole rings is 1. The molecule has 2 fully saturated rings. The maximum Gasteiger partial charge on any atom is 0.241 e. The second-order valence-electron chi connectivity index (χ2n) is 8.54. The van der Waals surface area contributed by atoms with Gasteiger partial charge in [0.1, 0.15) is 0 Å². The zero-order valence-electron chi connectivity index (χ0n) is 17.8. The fourth-order valence-corrected chi connectivity index (χ4v) is 7.02. The summed E-state index contributed by atoms with van der Waals surface area (Å²) >= 11 is 1.62. The highest BCUT2D eigenvalue weighted by atomic mass is 32.2. The van der Waals surface area contributed by atoms with Crippen LogP contribution in [0.3, 0.4) is 0 Å². The molecule has 1 aliphatic heterocycles. The quantitative estimate of drug-likeness (QED) is 0.617. The fourth-order valence-electron chi connectivity index (χ4n) is 4.40. The maximum absolute atomic E-state index is 13.1. The van der Waals surface area contributed by atoms with Gasteiger partial charge in [-0.15, -0.1) is 0 Å². The average Bonchev–Trinajstić information content (AvgIpc) is 3.09. The summed E-state index contributed by atoms with van der Waals surface area (Å²) in [4.78, 5) is 6.13. The van der Waals surface area contributed by atoms with Gasteiger partial charge in [0.15, 0.2) is 5.13 Å². The monoisotopic (exact) mass is 448 g/mol. The molecule has 4 rings (SSSR count). The number of hydrogen-bond acceptors (Lipinski definition) is 6. The van der Waals surface area contributed by atoms with Crippen molar-refractivity contribution < 1.29 is 8.42 Å². The van der Waals surface area contributed by atoms with E-state index in [1.54, 1.807) is 11.3 Å². The molecule has 164 valence electrons. The second-order valence-corrected chi connectivity index (χ2v) is 11.2. The molecule has 1 aromatic carbocycles. The zero-order chi connectivity index (χ0) is 21.1. The molecule has 30 heavy (non-hydrogen) atoms. The molecule has 1 saturated carbocycles. The number of rotatable bonds is 6. The Bertz CT molecular complexity index is 975. The van der Waals surface area contributed by atoms with Gasteiger partial charge in [0.25, 0.3) is 0 Å². The van der Waals surface area contributed by atoms with Crippen molar-refractivity contribution in [2.75, 3.05) is 18.4 Å². The van der Waals surface area contributed by atoms with E-state index in [2.05, 4.69) is 15.4 Å². The van der Waals surface area contributed by atoms with E-state index < -0.39 is 10.0 Å². The number of nitrogens with one attached hydrogen (secondary N) is 3. The van der Waals surface area contributed by atoms with E-state index >= 15 is 0 Å². The van der Waals surface area contributed by atoms with Crippen LogP contribution in [0.4, 0.5) is 5.13 Å². The summed E-state index contributed by atoms with van der Waals surface area (Å²) in [6, 6.07) is 6.21. The standard InChI is InChI=1S/C22H32N4O2S2/c1-15-8-9-17(14-20(15)30(27,28)26-19-10-12-23-13-11-19)21-16(2)24-22(29-21)25-18-6-4-3-5-7-18/h8-9,14,18-19,23,26H,3-7,10-13H2,1-2H3,(H,24,25). The smallest absolute Gasteiger partial charge is 0.241 e. The van der Waals surface area contributed by atoms with Gasteiger partial charge in [-0.3, -0.25) is 0 Å². The molecule has 0 amide bonds. The first kappa shape index (κ1) is 21.7. The van der Waals surface area contributed by atoms with Crippen LogP contribution in [0.5, 0.6) is 0 Å². The SMILES string of the molecule is Cc1ccc(-c2sc(NC3CCCCC3)nc2C)cc1S(=O)(=O)NC1CCNCC1. The van der Waals surface area contributed by atoms with E-state index in [0.717, 1.165) is 52.8 Å². The van der Waals surface area contributed by atoms with Crippen molar-refractivity contribution in [3.05, 3.63) is 29.5 Å². The van der Waals surface area contributed by atoms with Gasteiger partial charge < -0.3 is 10.6 Å². The van der Waals surface area contributed by atoms with Crippen molar-refractivity contribution in [3.8, 4) is 10.4 Å². The predicted octanol–water partition coefficient (Wildman–Crippen LogP) is 4.20. The van der Waals surface area contributed by atoms with Crippen LogP contribution in [-0.2, 0) is 10.0 Å². The van der Waals surface area contributed by atoms with Crippen molar-refractivity contribution in [2.45, 2.75) is 75.8 Å². The number of aryl methyl sites for hydroxylation is 2. The third-order valence-electron chi connectivity index (χ3n) is 6.13. The van der Waals surface area contributed by atoms with Crippen molar-refractivity contribution >= 4 is 26.5 Å². The maximum atomic E-state index is 13.1. The molecule has 2 aliphatic rings. The van der Waals surface area contributed by atoms with Gasteiger partial charge in [-0.25, -0.2) is 18.1 Å². The normalized spacial score (nSPS) is 19.1. The number of nitrogens with zero attached hydrogens (tertiary/aromatic N) is 1. The van der Waals surface area contributed by atoms with Crippen molar-refractivity contribution in [3.63, 3.8) is 0 Å². The van der Waals surface area contributed by atoms with Gasteiger partial charge >= 0.3 is 0 Å². The number of anilines is 1. The molecule has 8 heteroatoms. The highest BCUT2D eigenvalue weighted by molar-refractivity contribution is 7.89. The first-order valence-corrected chi connectivity index (χ1v) is 13.3. The molecule has 1 aromatic heterocycles. The minimum atomic E-state index is -3.56. The highest BCUT2D eigenvalue weighted by Gasteiger charge is 2.24. The Labute approximate surface area is 183 Å². The lowest BCUT2D eigenvalue weighted by Gasteiger charge is -2.24. The highest BCUT2D eigenvalue weighted by Crippen LogP contribution is 2.35. The van der Waals surface area contributed by atoms with Gasteiger partial charge in [-0.1, -0.05) is 42.7 Å². The topological polar surface area (TPSA) is 83.1 Å². The van der Waals surface area contributed by atoms with Crippen LogP contribution in [0.25, 0.3) is 10.4 Å². The number of benzene rings is 1. The van der Waals surface area contributed by atoms with E-state index in [9.17, 15) is 8.42 Å². The van der Waals surface area contributed by atoms with Gasteiger partial charge in [0, 0.05) is 12.1 Å². The van der Waals surface area contributed by atoms with Crippen LogP contribution in [0.1, 0.15) is 56.2 Å². The lowest BCUT2D eigenvalue weighted by molar-refractivity contribution is 0.427. The van der Waals surface area contributed by atoms with Crippen LogP contribution < -0.4 is 15.4 Å². The van der Waals surface area contributed by atoms with Crippen LogP contribution in [0.2, 0.25) is 0 Å². The summed E-state index contributed by atoms with van der Waals surface area (Å²) in [7, 11) is -3.56. The summed E-state index contributed by atoms with van der Waals surface area (Å²) < 4.78 is 29.1. The first-order valence-electron chi connectivity index (χ1n) is 11.0. The molecule has 0 atom stereocenters. The Balaban J connectivity index is 1.56. The first-order chi connectivity index (χ1) is 14.4. The van der Waals surface area contributed by atoms with Crippen LogP contribution in [0.15, 0.2) is 23.1 Å². The van der Waals surface area contributed by atoms with E-state index in [-0.39, 0.29) is 6.04 Å². The average molecular weight is 449 g/mol. The van der Waals surface area contributed by atoms with E-state index in [4.69, 9.17) is 4.98 Å². The number of hydrogen-bond donors (Lipinski definition) is 3. The van der Waals surface area contributed by atoms with E-state index in [1.165, 1.54) is 32.1 Å². The van der Waals surface area contributed by atoms with E-state index in [0.29, 0.717) is 10.9 Å². The Hall–Kier alpha value is -1.48. The molecule has 0 spiro atoms. The summed E-state index contributed by atoms with van der Waals surface area (Å²) in [5.41, 5.74) is 2.62. The van der Waals surface area contributed by atoms with E-state index in [1.807, 2.05) is 32.0 Å². The number of aromatic nitrogens is 1. The molecule has 2 heterocycles. The second kappa shape index (κ2) is 9.34. The minimum Gasteiger partial charge on any atom is -0.359 e. The molecular weight excluding hydrogens is 416 g/mol. The molecular formula is C22H32N4O2S2. The minimum absolute atomic E-state index is 0.00394. The van der Waals surface area contributed by atoms with Crippen LogP contribution in [-0.4, -0.2) is 38.6 Å². The zero-order valence-corrected chi connectivity index (χ0v) is 19.5. The lowest BCUT2D eigenvalue weighted by Crippen LogP contribution is -2.42. The molecule has 6 nitrogen and oxygen atoms in total. The number of sulfonamides is 1. The Morgan fingerprint density at radius 1 is 1.03 bits per heavy atom.